The standard InChI is InChI=1S/C47H71NO9/c1-4-5-6-7-8-9-10-11-12-13-17-21-46(50)48-30-18-31-53-32-33-54-34-35-55-36-37-56-38-43(49)39-57-47(40-19-15-14-16-20-40,41-22-26-44(51-2)27-23-41)42-24-28-45(52-3)29-25-42/h14-16,19-20,22-29,43,49H,4-13,17-18,21,30-39H2,1-3H3,(H,48,50). The summed E-state index contributed by atoms with van der Waals surface area (Å²) in [6.45, 7) is 6.18. The highest BCUT2D eigenvalue weighted by molar-refractivity contribution is 5.75. The molecule has 0 saturated carbocycles. The molecule has 10 nitrogen and oxygen atoms in total. The third-order valence-electron chi connectivity index (χ3n) is 9.89. The fourth-order valence-corrected chi connectivity index (χ4v) is 6.66. The molecule has 3 aromatic rings. The van der Waals surface area contributed by atoms with Crippen LogP contribution in [0.5, 0.6) is 11.5 Å². The minimum Gasteiger partial charge on any atom is -0.497 e. The van der Waals surface area contributed by atoms with Crippen molar-refractivity contribution in [2.45, 2.75) is 102 Å². The maximum Gasteiger partial charge on any atom is 0.219 e. The molecule has 0 fully saturated rings. The van der Waals surface area contributed by atoms with Gasteiger partial charge in [-0.05, 0) is 53.8 Å². The number of carbonyl (C=O) groups excluding carboxylic acids is 1. The Morgan fingerprint density at radius 3 is 1.53 bits per heavy atom. The van der Waals surface area contributed by atoms with Crippen molar-refractivity contribution in [1.82, 2.24) is 5.32 Å². The van der Waals surface area contributed by atoms with E-state index in [-0.39, 0.29) is 19.1 Å². The zero-order chi connectivity index (χ0) is 40.7. The third-order valence-corrected chi connectivity index (χ3v) is 9.89. The number of aliphatic hydroxyl groups excluding tert-OH is 1. The van der Waals surface area contributed by atoms with Crippen LogP contribution in [-0.2, 0) is 34.1 Å². The lowest BCUT2D eigenvalue weighted by Gasteiger charge is -2.36. The molecule has 0 aromatic heterocycles. The van der Waals surface area contributed by atoms with Crippen LogP contribution < -0.4 is 14.8 Å². The topological polar surface area (TPSA) is 114 Å². The summed E-state index contributed by atoms with van der Waals surface area (Å²) in [5.41, 5.74) is 1.68. The molecule has 1 atom stereocenters. The normalized spacial score (nSPS) is 12.1. The lowest BCUT2D eigenvalue weighted by atomic mass is 9.80. The predicted octanol–water partition coefficient (Wildman–Crippen LogP) is 8.65. The molecule has 318 valence electrons. The molecule has 0 spiro atoms. The van der Waals surface area contributed by atoms with E-state index in [4.69, 9.17) is 33.2 Å². The second kappa shape index (κ2) is 30.6. The van der Waals surface area contributed by atoms with Crippen molar-refractivity contribution in [3.05, 3.63) is 95.6 Å². The van der Waals surface area contributed by atoms with Gasteiger partial charge in [0.05, 0.1) is 67.1 Å². The smallest absolute Gasteiger partial charge is 0.219 e. The molecular weight excluding hydrogens is 723 g/mol. The Bertz CT molecular complexity index is 1360. The monoisotopic (exact) mass is 794 g/mol. The van der Waals surface area contributed by atoms with E-state index in [9.17, 15) is 9.90 Å². The quantitative estimate of drug-likeness (QED) is 0.0446. The average molecular weight is 794 g/mol. The van der Waals surface area contributed by atoms with Gasteiger partial charge in [0.2, 0.25) is 5.91 Å². The average Bonchev–Trinajstić information content (AvgIpc) is 3.25. The molecule has 0 heterocycles. The molecule has 57 heavy (non-hydrogen) atoms. The van der Waals surface area contributed by atoms with E-state index in [1.807, 2.05) is 78.9 Å². The van der Waals surface area contributed by atoms with Crippen molar-refractivity contribution >= 4 is 5.91 Å². The lowest BCUT2D eigenvalue weighted by Crippen LogP contribution is -2.36. The Balaban J connectivity index is 1.21. The van der Waals surface area contributed by atoms with Crippen LogP contribution in [0.15, 0.2) is 78.9 Å². The van der Waals surface area contributed by atoms with Crippen LogP contribution in [-0.4, -0.2) is 97.3 Å². The van der Waals surface area contributed by atoms with Gasteiger partial charge in [-0.15, -0.1) is 0 Å². The van der Waals surface area contributed by atoms with Gasteiger partial charge < -0.3 is 43.6 Å². The zero-order valence-corrected chi connectivity index (χ0v) is 35.1. The highest BCUT2D eigenvalue weighted by Crippen LogP contribution is 2.41. The molecule has 0 bridgehead atoms. The van der Waals surface area contributed by atoms with Gasteiger partial charge in [-0.3, -0.25) is 4.79 Å². The number of aliphatic hydroxyl groups is 1. The van der Waals surface area contributed by atoms with Crippen LogP contribution in [0.3, 0.4) is 0 Å². The number of hydrogen-bond donors (Lipinski definition) is 2. The van der Waals surface area contributed by atoms with E-state index >= 15 is 0 Å². The Hall–Kier alpha value is -3.51. The van der Waals surface area contributed by atoms with Crippen LogP contribution >= 0.6 is 0 Å². The molecule has 0 aliphatic heterocycles. The van der Waals surface area contributed by atoms with E-state index in [1.165, 1.54) is 57.8 Å². The fraction of sp³-hybridized carbons (Fsp3) is 0.596. The fourth-order valence-electron chi connectivity index (χ4n) is 6.66. The van der Waals surface area contributed by atoms with Crippen molar-refractivity contribution in [2.24, 2.45) is 0 Å². The van der Waals surface area contributed by atoms with E-state index in [1.54, 1.807) is 14.2 Å². The lowest BCUT2D eigenvalue weighted by molar-refractivity contribution is -0.121. The van der Waals surface area contributed by atoms with Crippen LogP contribution in [0, 0.1) is 0 Å². The van der Waals surface area contributed by atoms with E-state index in [0.29, 0.717) is 59.2 Å². The second-order valence-corrected chi connectivity index (χ2v) is 14.4. The largest absolute Gasteiger partial charge is 0.497 e. The number of hydrogen-bond acceptors (Lipinski definition) is 9. The number of rotatable bonds is 35. The Labute approximate surface area is 342 Å². The summed E-state index contributed by atoms with van der Waals surface area (Å²) in [5.74, 6) is 1.61. The van der Waals surface area contributed by atoms with Crippen LogP contribution in [0.25, 0.3) is 0 Å². The van der Waals surface area contributed by atoms with Gasteiger partial charge in [0, 0.05) is 19.6 Å². The van der Waals surface area contributed by atoms with Gasteiger partial charge in [-0.1, -0.05) is 126 Å². The summed E-state index contributed by atoms with van der Waals surface area (Å²) in [4.78, 5) is 12.1. The van der Waals surface area contributed by atoms with Gasteiger partial charge in [-0.2, -0.15) is 0 Å². The maximum absolute atomic E-state index is 12.1. The summed E-state index contributed by atoms with van der Waals surface area (Å²) < 4.78 is 40.1. The summed E-state index contributed by atoms with van der Waals surface area (Å²) in [7, 11) is 3.28. The second-order valence-electron chi connectivity index (χ2n) is 14.4. The van der Waals surface area contributed by atoms with Gasteiger partial charge in [0.15, 0.2) is 0 Å². The van der Waals surface area contributed by atoms with Crippen LogP contribution in [0.2, 0.25) is 0 Å². The van der Waals surface area contributed by atoms with E-state index in [0.717, 1.165) is 47.5 Å². The molecular formula is C47H71NO9. The first-order chi connectivity index (χ1) is 28.0. The van der Waals surface area contributed by atoms with Crippen molar-refractivity contribution in [3.8, 4) is 11.5 Å². The van der Waals surface area contributed by atoms with Gasteiger partial charge in [0.1, 0.15) is 23.2 Å². The molecule has 0 radical (unpaired) electrons. The summed E-state index contributed by atoms with van der Waals surface area (Å²) >= 11 is 0. The van der Waals surface area contributed by atoms with Crippen molar-refractivity contribution in [2.75, 3.05) is 80.2 Å². The zero-order valence-electron chi connectivity index (χ0n) is 35.1. The number of benzene rings is 3. The molecule has 0 aliphatic carbocycles. The molecule has 0 aliphatic rings. The highest BCUT2D eigenvalue weighted by Gasteiger charge is 2.38. The van der Waals surface area contributed by atoms with E-state index < -0.39 is 11.7 Å². The first-order valence-corrected chi connectivity index (χ1v) is 21.3. The number of nitrogens with one attached hydrogen (secondary N) is 1. The first kappa shape index (κ1) is 47.9. The van der Waals surface area contributed by atoms with Crippen molar-refractivity contribution in [3.63, 3.8) is 0 Å². The Morgan fingerprint density at radius 2 is 1.02 bits per heavy atom. The molecule has 10 heteroatoms. The number of ether oxygens (including phenoxy) is 7. The summed E-state index contributed by atoms with van der Waals surface area (Å²) in [5, 5.41) is 13.9. The number of unbranched alkanes of at least 4 members (excludes halogenated alkanes) is 10. The minimum absolute atomic E-state index is 0.0256. The van der Waals surface area contributed by atoms with Crippen molar-refractivity contribution in [1.29, 1.82) is 0 Å². The van der Waals surface area contributed by atoms with E-state index in [2.05, 4.69) is 12.2 Å². The third kappa shape index (κ3) is 19.2. The Morgan fingerprint density at radius 1 is 0.561 bits per heavy atom. The molecule has 3 rings (SSSR count). The number of amides is 1. The molecule has 1 unspecified atom stereocenters. The predicted molar refractivity (Wildman–Crippen MR) is 226 cm³/mol. The summed E-state index contributed by atoms with van der Waals surface area (Å²) in [6.07, 6.45) is 14.7. The van der Waals surface area contributed by atoms with Crippen LogP contribution in [0.1, 0.15) is 107 Å². The first-order valence-electron chi connectivity index (χ1n) is 21.3. The number of methoxy groups -OCH3 is 2. The van der Waals surface area contributed by atoms with Gasteiger partial charge >= 0.3 is 0 Å². The number of carbonyl (C=O) groups is 1. The maximum atomic E-state index is 12.1. The van der Waals surface area contributed by atoms with Gasteiger partial charge in [-0.25, -0.2) is 0 Å². The van der Waals surface area contributed by atoms with Crippen LogP contribution in [0.4, 0.5) is 0 Å². The molecule has 2 N–H and O–H groups in total. The molecule has 1 amide bonds. The van der Waals surface area contributed by atoms with Crippen molar-refractivity contribution < 1.29 is 43.1 Å². The molecule has 0 saturated heterocycles. The molecule has 3 aromatic carbocycles. The summed E-state index contributed by atoms with van der Waals surface area (Å²) in [6, 6.07) is 25.5. The Kier molecular flexibility index (Phi) is 25.7. The highest BCUT2D eigenvalue weighted by atomic mass is 16.6. The minimum atomic E-state index is -1.02. The SMILES string of the molecule is CCCCCCCCCCCCCC(=O)NCCCOCCOCCOCCOCC(O)COC(c1ccccc1)(c1ccc(OC)cc1)c1ccc(OC)cc1. The van der Waals surface area contributed by atoms with Gasteiger partial charge in [0.25, 0.3) is 0 Å².